The highest BCUT2D eigenvalue weighted by Gasteiger charge is 2.35. The molecule has 0 aliphatic carbocycles. The molecular formula is C27H34Cl3F4N3O2. The Morgan fingerprint density at radius 3 is 2.18 bits per heavy atom. The largest absolute Gasteiger partial charge is 0.416 e. The molecule has 0 N–H and O–H groups in total. The monoisotopic (exact) mass is 613 g/mol. The number of amides is 1. The van der Waals surface area contributed by atoms with Crippen molar-refractivity contribution in [1.29, 1.82) is 0 Å². The van der Waals surface area contributed by atoms with Crippen LogP contribution in [0.25, 0.3) is 0 Å². The molecule has 0 aromatic heterocycles. The average Bonchev–Trinajstić information content (AvgIpc) is 2.82. The maximum absolute atomic E-state index is 14.1. The van der Waals surface area contributed by atoms with E-state index < -0.39 is 23.5 Å². The number of nitrogens with zero attached hydrogens (tertiary/aromatic N) is 3. The van der Waals surface area contributed by atoms with Crippen LogP contribution in [0.1, 0.15) is 35.3 Å². The van der Waals surface area contributed by atoms with Gasteiger partial charge in [-0.1, -0.05) is 23.7 Å². The van der Waals surface area contributed by atoms with Gasteiger partial charge in [0.15, 0.2) is 0 Å². The minimum absolute atomic E-state index is 0. The van der Waals surface area contributed by atoms with E-state index in [2.05, 4.69) is 23.6 Å². The van der Waals surface area contributed by atoms with Crippen LogP contribution in [-0.2, 0) is 17.3 Å². The van der Waals surface area contributed by atoms with Crippen molar-refractivity contribution in [2.45, 2.75) is 44.7 Å². The Morgan fingerprint density at radius 2 is 1.56 bits per heavy atom. The summed E-state index contributed by atoms with van der Waals surface area (Å²) < 4.78 is 59.7. The number of piperazine rings is 1. The van der Waals surface area contributed by atoms with Gasteiger partial charge in [-0.25, -0.2) is 4.39 Å². The third-order valence-corrected chi connectivity index (χ3v) is 7.16. The van der Waals surface area contributed by atoms with Gasteiger partial charge in [-0.15, -0.1) is 24.8 Å². The van der Waals surface area contributed by atoms with Crippen molar-refractivity contribution in [2.75, 3.05) is 45.8 Å². The molecule has 2 saturated heterocycles. The third kappa shape index (κ3) is 9.20. The highest BCUT2D eigenvalue weighted by atomic mass is 35.5. The Hall–Kier alpha value is -1.62. The zero-order chi connectivity index (χ0) is 26.7. The van der Waals surface area contributed by atoms with Gasteiger partial charge in [0.1, 0.15) is 5.82 Å². The molecule has 2 fully saturated rings. The molecule has 2 unspecified atom stereocenters. The predicted molar refractivity (Wildman–Crippen MR) is 149 cm³/mol. The van der Waals surface area contributed by atoms with Crippen LogP contribution >= 0.6 is 36.4 Å². The summed E-state index contributed by atoms with van der Waals surface area (Å²) >= 11 is 6.02. The Bertz CT molecular complexity index is 1080. The van der Waals surface area contributed by atoms with E-state index in [1.165, 1.54) is 0 Å². The van der Waals surface area contributed by atoms with E-state index >= 15 is 0 Å². The average molecular weight is 615 g/mol. The molecule has 2 heterocycles. The van der Waals surface area contributed by atoms with Gasteiger partial charge in [0, 0.05) is 62.4 Å². The lowest BCUT2D eigenvalue weighted by Gasteiger charge is -2.43. The highest BCUT2D eigenvalue weighted by Crippen LogP contribution is 2.31. The van der Waals surface area contributed by atoms with E-state index in [0.717, 1.165) is 43.9 Å². The fourth-order valence-corrected chi connectivity index (χ4v) is 5.38. The van der Waals surface area contributed by atoms with Crippen LogP contribution in [0.2, 0.25) is 5.02 Å². The number of carbonyl (C=O) groups excluding carboxylic acids is 1. The van der Waals surface area contributed by atoms with Crippen molar-refractivity contribution < 1.29 is 27.1 Å². The van der Waals surface area contributed by atoms with Crippen molar-refractivity contribution >= 4 is 42.3 Å². The molecule has 5 nitrogen and oxygen atoms in total. The van der Waals surface area contributed by atoms with E-state index in [-0.39, 0.29) is 48.6 Å². The second-order valence-electron chi connectivity index (χ2n) is 10.0. The van der Waals surface area contributed by atoms with Gasteiger partial charge >= 0.3 is 6.18 Å². The van der Waals surface area contributed by atoms with Gasteiger partial charge in [0.2, 0.25) is 0 Å². The molecule has 4 rings (SSSR count). The number of rotatable bonds is 6. The van der Waals surface area contributed by atoms with E-state index in [1.54, 1.807) is 17.0 Å². The fraction of sp³-hybridized carbons (Fsp3) is 0.519. The summed E-state index contributed by atoms with van der Waals surface area (Å²) in [6.07, 6.45) is -3.90. The van der Waals surface area contributed by atoms with Gasteiger partial charge in [-0.3, -0.25) is 14.6 Å². The number of carbonyl (C=O) groups is 1. The zero-order valence-electron chi connectivity index (χ0n) is 21.8. The number of morpholine rings is 1. The van der Waals surface area contributed by atoms with Crippen LogP contribution in [0.15, 0.2) is 42.5 Å². The SMILES string of the molecule is CC1CN(CCN2CCN(C(=O)c3cc(F)cc(C(F)(F)F)c3)[C@H](Cc3ccc(Cl)cc3)C2)CC(C)O1.Cl.Cl. The van der Waals surface area contributed by atoms with Crippen LogP contribution in [0, 0.1) is 5.82 Å². The zero-order valence-corrected chi connectivity index (χ0v) is 24.2. The molecule has 2 aromatic carbocycles. The second-order valence-corrected chi connectivity index (χ2v) is 10.5. The lowest BCUT2D eigenvalue weighted by molar-refractivity contribution is -0.137. The van der Waals surface area contributed by atoms with E-state index in [9.17, 15) is 22.4 Å². The Morgan fingerprint density at radius 1 is 0.949 bits per heavy atom. The molecule has 2 aliphatic rings. The van der Waals surface area contributed by atoms with Crippen LogP contribution in [0.3, 0.4) is 0 Å². The first kappa shape index (κ1) is 33.6. The minimum atomic E-state index is -4.74. The van der Waals surface area contributed by atoms with Gasteiger partial charge in [0.05, 0.1) is 17.8 Å². The summed E-state index contributed by atoms with van der Waals surface area (Å²) in [6, 6.07) is 9.03. The van der Waals surface area contributed by atoms with Gasteiger partial charge in [0.25, 0.3) is 5.91 Å². The molecule has 1 amide bonds. The molecular weight excluding hydrogens is 581 g/mol. The van der Waals surface area contributed by atoms with Crippen molar-refractivity contribution in [3.05, 3.63) is 70.0 Å². The van der Waals surface area contributed by atoms with Crippen LogP contribution < -0.4 is 0 Å². The molecule has 2 aliphatic heterocycles. The third-order valence-electron chi connectivity index (χ3n) is 6.91. The fourth-order valence-electron chi connectivity index (χ4n) is 5.25. The number of ether oxygens (including phenoxy) is 1. The molecule has 2 aromatic rings. The second kappa shape index (κ2) is 14.3. The van der Waals surface area contributed by atoms with Crippen LogP contribution in [-0.4, -0.2) is 84.7 Å². The Kier molecular flexibility index (Phi) is 12.3. The molecule has 0 bridgehead atoms. The summed E-state index contributed by atoms with van der Waals surface area (Å²) in [7, 11) is 0. The maximum atomic E-state index is 14.1. The summed E-state index contributed by atoms with van der Waals surface area (Å²) in [5.41, 5.74) is -0.504. The van der Waals surface area contributed by atoms with E-state index in [1.807, 2.05) is 12.1 Å². The van der Waals surface area contributed by atoms with Crippen molar-refractivity contribution in [1.82, 2.24) is 14.7 Å². The summed E-state index contributed by atoms with van der Waals surface area (Å²) in [5.74, 6) is -1.68. The summed E-state index contributed by atoms with van der Waals surface area (Å²) in [4.78, 5) is 19.6. The molecule has 39 heavy (non-hydrogen) atoms. The normalized spacial score (nSPS) is 22.6. The van der Waals surface area contributed by atoms with Crippen molar-refractivity contribution in [3.63, 3.8) is 0 Å². The first-order valence-corrected chi connectivity index (χ1v) is 12.9. The lowest BCUT2D eigenvalue weighted by Crippen LogP contribution is -2.57. The van der Waals surface area contributed by atoms with Crippen molar-refractivity contribution in [2.24, 2.45) is 0 Å². The minimum Gasteiger partial charge on any atom is -0.373 e. The first-order valence-electron chi connectivity index (χ1n) is 12.5. The quantitative estimate of drug-likeness (QED) is 0.385. The molecule has 12 heteroatoms. The van der Waals surface area contributed by atoms with Crippen LogP contribution in [0.4, 0.5) is 17.6 Å². The standard InChI is InChI=1S/C27H32ClF4N3O2.2ClH/c1-18-15-34(16-19(2)37-18)8-7-33-9-10-35(25(17-33)11-20-3-5-23(28)6-4-20)26(36)21-12-22(27(30,31)32)14-24(29)13-21;;/h3-6,12-14,18-19,25H,7-11,15-17H2,1-2H3;2*1H/t18?,19?,25-;;/m1../s1. The Labute approximate surface area is 244 Å². The molecule has 218 valence electrons. The molecule has 0 radical (unpaired) electrons. The smallest absolute Gasteiger partial charge is 0.373 e. The van der Waals surface area contributed by atoms with Gasteiger partial charge in [-0.2, -0.15) is 13.2 Å². The number of hydrogen-bond donors (Lipinski definition) is 0. The lowest BCUT2D eigenvalue weighted by atomic mass is 10.00. The first-order chi connectivity index (χ1) is 17.5. The van der Waals surface area contributed by atoms with E-state index in [4.69, 9.17) is 16.3 Å². The Balaban J connectivity index is 0.00000267. The van der Waals surface area contributed by atoms with E-state index in [0.29, 0.717) is 37.1 Å². The summed E-state index contributed by atoms with van der Waals surface area (Å²) in [6.45, 7) is 8.99. The number of halogens is 7. The van der Waals surface area contributed by atoms with Crippen molar-refractivity contribution in [3.8, 4) is 0 Å². The molecule has 0 spiro atoms. The van der Waals surface area contributed by atoms with Gasteiger partial charge in [-0.05, 0) is 56.2 Å². The topological polar surface area (TPSA) is 36.0 Å². The number of benzene rings is 2. The highest BCUT2D eigenvalue weighted by molar-refractivity contribution is 6.30. The maximum Gasteiger partial charge on any atom is 0.416 e. The summed E-state index contributed by atoms with van der Waals surface area (Å²) in [5, 5.41) is 0.593. The number of hydrogen-bond acceptors (Lipinski definition) is 4. The predicted octanol–water partition coefficient (Wildman–Crippen LogP) is 5.82. The van der Waals surface area contributed by atoms with Gasteiger partial charge < -0.3 is 9.64 Å². The number of alkyl halides is 3. The molecule has 3 atom stereocenters. The van der Waals surface area contributed by atoms with Crippen LogP contribution in [0.5, 0.6) is 0 Å². The molecule has 0 saturated carbocycles.